The van der Waals surface area contributed by atoms with Gasteiger partial charge in [-0.25, -0.2) is 0 Å². The molecule has 0 aliphatic carbocycles. The maximum Gasteiger partial charge on any atom is 0.283 e. The van der Waals surface area contributed by atoms with Gasteiger partial charge in [0.1, 0.15) is 0 Å². The Morgan fingerprint density at radius 1 is 1.19 bits per heavy atom. The van der Waals surface area contributed by atoms with Crippen LogP contribution in [-0.4, -0.2) is 4.92 Å². The Morgan fingerprint density at radius 3 is 2.43 bits per heavy atom. The van der Waals surface area contributed by atoms with Gasteiger partial charge in [0.15, 0.2) is 0 Å². The summed E-state index contributed by atoms with van der Waals surface area (Å²) in [5.74, 6) is 1.24. The van der Waals surface area contributed by atoms with Crippen molar-refractivity contribution in [1.29, 1.82) is 0 Å². The Bertz CT molecular complexity index is 641. The minimum Gasteiger partial charge on any atom is -0.258 e. The normalized spacial score (nSPS) is 10.9. The van der Waals surface area contributed by atoms with Crippen molar-refractivity contribution in [2.24, 2.45) is 0 Å². The molecule has 110 valence electrons. The molecule has 0 aromatic heterocycles. The molecule has 0 fully saturated rings. The standard InChI is InChI=1S/C16H16BrNO2S/c1-11(2)13-4-6-14(7-5-13)21-10-12-3-8-15(17)16(9-12)18(19)20/h3-9,11H,10H2,1-2H3. The second kappa shape index (κ2) is 7.09. The molecule has 2 aromatic rings. The van der Waals surface area contributed by atoms with Crippen molar-refractivity contribution in [2.75, 3.05) is 0 Å². The van der Waals surface area contributed by atoms with Crippen molar-refractivity contribution in [2.45, 2.75) is 30.4 Å². The number of halogens is 1. The quantitative estimate of drug-likeness (QED) is 0.383. The highest BCUT2D eigenvalue weighted by Crippen LogP contribution is 2.30. The fraction of sp³-hybridized carbons (Fsp3) is 0.250. The van der Waals surface area contributed by atoms with E-state index in [0.29, 0.717) is 10.4 Å². The van der Waals surface area contributed by atoms with Crippen LogP contribution in [0.15, 0.2) is 51.8 Å². The second-order valence-corrected chi connectivity index (χ2v) is 6.96. The average molecular weight is 366 g/mol. The molecule has 0 N–H and O–H groups in total. The number of nitro benzene ring substituents is 1. The van der Waals surface area contributed by atoms with Crippen LogP contribution in [0.1, 0.15) is 30.9 Å². The molecule has 0 saturated carbocycles. The van der Waals surface area contributed by atoms with Crippen LogP contribution in [0.25, 0.3) is 0 Å². The van der Waals surface area contributed by atoms with Crippen molar-refractivity contribution in [3.05, 3.63) is 68.2 Å². The van der Waals surface area contributed by atoms with Crippen molar-refractivity contribution < 1.29 is 4.92 Å². The molecular weight excluding hydrogens is 350 g/mol. The van der Waals surface area contributed by atoms with Gasteiger partial charge in [0.25, 0.3) is 5.69 Å². The van der Waals surface area contributed by atoms with Gasteiger partial charge < -0.3 is 0 Å². The summed E-state index contributed by atoms with van der Waals surface area (Å²) in [5.41, 5.74) is 2.38. The topological polar surface area (TPSA) is 43.1 Å². The first-order chi connectivity index (χ1) is 9.97. The van der Waals surface area contributed by atoms with E-state index in [0.717, 1.165) is 11.3 Å². The maximum atomic E-state index is 10.9. The SMILES string of the molecule is CC(C)c1ccc(SCc2ccc(Br)c([N+](=O)[O-])c2)cc1. The monoisotopic (exact) mass is 365 g/mol. The molecule has 2 aromatic carbocycles. The van der Waals surface area contributed by atoms with Crippen LogP contribution in [0.5, 0.6) is 0 Å². The molecule has 0 aliphatic rings. The summed E-state index contributed by atoms with van der Waals surface area (Å²) in [6, 6.07) is 13.7. The Balaban J connectivity index is 2.06. The molecule has 0 unspecified atom stereocenters. The van der Waals surface area contributed by atoms with Gasteiger partial charge in [-0.3, -0.25) is 10.1 Å². The van der Waals surface area contributed by atoms with Crippen molar-refractivity contribution in [1.82, 2.24) is 0 Å². The van der Waals surface area contributed by atoms with Crippen LogP contribution in [0.2, 0.25) is 0 Å². The van der Waals surface area contributed by atoms with E-state index in [9.17, 15) is 10.1 Å². The van der Waals surface area contributed by atoms with Crippen LogP contribution in [0, 0.1) is 10.1 Å². The van der Waals surface area contributed by atoms with Crippen LogP contribution >= 0.6 is 27.7 Å². The van der Waals surface area contributed by atoms with Gasteiger partial charge in [0.05, 0.1) is 9.40 Å². The number of thioether (sulfide) groups is 1. The molecule has 0 heterocycles. The lowest BCUT2D eigenvalue weighted by atomic mass is 10.0. The Labute approximate surface area is 137 Å². The van der Waals surface area contributed by atoms with E-state index in [4.69, 9.17) is 0 Å². The van der Waals surface area contributed by atoms with Gasteiger partial charge in [0, 0.05) is 16.7 Å². The fourth-order valence-electron chi connectivity index (χ4n) is 1.90. The molecule has 0 bridgehead atoms. The first kappa shape index (κ1) is 16.0. The zero-order valence-electron chi connectivity index (χ0n) is 11.9. The highest BCUT2D eigenvalue weighted by atomic mass is 79.9. The fourth-order valence-corrected chi connectivity index (χ4v) is 3.14. The largest absolute Gasteiger partial charge is 0.283 e. The van der Waals surface area contributed by atoms with Gasteiger partial charge >= 0.3 is 0 Å². The van der Waals surface area contributed by atoms with E-state index in [1.165, 1.54) is 10.5 Å². The minimum atomic E-state index is -0.365. The molecule has 0 aliphatic heterocycles. The number of hydrogen-bond acceptors (Lipinski definition) is 3. The van der Waals surface area contributed by atoms with E-state index >= 15 is 0 Å². The number of hydrogen-bond donors (Lipinski definition) is 0. The molecule has 2 rings (SSSR count). The maximum absolute atomic E-state index is 10.9. The molecule has 0 radical (unpaired) electrons. The highest BCUT2D eigenvalue weighted by Gasteiger charge is 2.12. The van der Waals surface area contributed by atoms with Gasteiger partial charge in [0.2, 0.25) is 0 Å². The molecule has 0 amide bonds. The first-order valence-electron chi connectivity index (χ1n) is 6.63. The lowest BCUT2D eigenvalue weighted by molar-refractivity contribution is -0.385. The third-order valence-electron chi connectivity index (χ3n) is 3.16. The molecule has 0 saturated heterocycles. The molecule has 0 atom stereocenters. The summed E-state index contributed by atoms with van der Waals surface area (Å²) < 4.78 is 0.516. The van der Waals surface area contributed by atoms with E-state index in [1.54, 1.807) is 23.9 Å². The van der Waals surface area contributed by atoms with Gasteiger partial charge in [-0.05, 0) is 51.2 Å². The molecule has 5 heteroatoms. The summed E-state index contributed by atoms with van der Waals surface area (Å²) in [6.07, 6.45) is 0. The Morgan fingerprint density at radius 2 is 1.86 bits per heavy atom. The minimum absolute atomic E-state index is 0.114. The van der Waals surface area contributed by atoms with Crippen molar-refractivity contribution in [3.8, 4) is 0 Å². The summed E-state index contributed by atoms with van der Waals surface area (Å²) >= 11 is 4.88. The highest BCUT2D eigenvalue weighted by molar-refractivity contribution is 9.10. The van der Waals surface area contributed by atoms with Gasteiger partial charge in [-0.2, -0.15) is 0 Å². The van der Waals surface area contributed by atoms with E-state index in [2.05, 4.69) is 54.0 Å². The van der Waals surface area contributed by atoms with E-state index in [-0.39, 0.29) is 10.6 Å². The lowest BCUT2D eigenvalue weighted by Gasteiger charge is -2.07. The number of nitrogens with zero attached hydrogens (tertiary/aromatic N) is 1. The second-order valence-electron chi connectivity index (χ2n) is 5.06. The van der Waals surface area contributed by atoms with Crippen LogP contribution in [-0.2, 0) is 5.75 Å². The first-order valence-corrected chi connectivity index (χ1v) is 8.41. The van der Waals surface area contributed by atoms with Crippen LogP contribution in [0.3, 0.4) is 0 Å². The third-order valence-corrected chi connectivity index (χ3v) is 4.91. The Hall–Kier alpha value is -1.33. The van der Waals surface area contributed by atoms with Crippen LogP contribution in [0.4, 0.5) is 5.69 Å². The molecule has 21 heavy (non-hydrogen) atoms. The van der Waals surface area contributed by atoms with Crippen LogP contribution < -0.4 is 0 Å². The van der Waals surface area contributed by atoms with Crippen molar-refractivity contribution >= 4 is 33.4 Å². The predicted octanol–water partition coefficient (Wildman–Crippen LogP) is 5.77. The summed E-state index contributed by atoms with van der Waals surface area (Å²) in [5, 5.41) is 10.9. The zero-order chi connectivity index (χ0) is 15.4. The summed E-state index contributed by atoms with van der Waals surface area (Å²) in [6.45, 7) is 4.34. The third kappa shape index (κ3) is 4.32. The zero-order valence-corrected chi connectivity index (χ0v) is 14.3. The molecule has 3 nitrogen and oxygen atoms in total. The smallest absolute Gasteiger partial charge is 0.258 e. The lowest BCUT2D eigenvalue weighted by Crippen LogP contribution is -1.91. The van der Waals surface area contributed by atoms with E-state index in [1.807, 2.05) is 6.07 Å². The summed E-state index contributed by atoms with van der Waals surface area (Å²) in [4.78, 5) is 11.7. The van der Waals surface area contributed by atoms with Gasteiger partial charge in [-0.15, -0.1) is 11.8 Å². The number of rotatable bonds is 5. The van der Waals surface area contributed by atoms with E-state index < -0.39 is 0 Å². The number of nitro groups is 1. The van der Waals surface area contributed by atoms with Gasteiger partial charge in [-0.1, -0.05) is 32.0 Å². The number of benzene rings is 2. The summed E-state index contributed by atoms with van der Waals surface area (Å²) in [7, 11) is 0. The molecular formula is C16H16BrNO2S. The predicted molar refractivity (Wildman–Crippen MR) is 90.9 cm³/mol. The molecule has 0 spiro atoms. The average Bonchev–Trinajstić information content (AvgIpc) is 2.46. The van der Waals surface area contributed by atoms with Crippen molar-refractivity contribution in [3.63, 3.8) is 0 Å². The Kier molecular flexibility index (Phi) is 5.42.